The first-order chi connectivity index (χ1) is 7.66. The van der Waals surface area contributed by atoms with Crippen molar-refractivity contribution in [2.75, 3.05) is 0 Å². The third-order valence-corrected chi connectivity index (χ3v) is 3.94. The molecule has 1 rings (SSSR count). The van der Waals surface area contributed by atoms with Crippen LogP contribution in [0.15, 0.2) is 34.8 Å². The van der Waals surface area contributed by atoms with Gasteiger partial charge in [-0.2, -0.15) is 0 Å². The van der Waals surface area contributed by atoms with Gasteiger partial charge in [0.05, 0.1) is 4.91 Å². The standard InChI is InChI=1S/C13H20O3S.Na/c1-8(2)12-10(5)6-7-11(17(14,15)16)13(12)9(3)4;/h6-9,12H,5H2,1-4H3,(H,14,15,16);/q;+1/p-1. The zero-order valence-electron chi connectivity index (χ0n) is 11.7. The molecular formula is C13H19NaO3S. The summed E-state index contributed by atoms with van der Waals surface area (Å²) in [5.41, 5.74) is 1.57. The van der Waals surface area contributed by atoms with Crippen LogP contribution in [0.4, 0.5) is 0 Å². The minimum absolute atomic E-state index is 0. The van der Waals surface area contributed by atoms with Gasteiger partial charge in [-0.05, 0) is 29.1 Å². The predicted octanol–water partition coefficient (Wildman–Crippen LogP) is -0.156. The summed E-state index contributed by atoms with van der Waals surface area (Å²) < 4.78 is 33.8. The van der Waals surface area contributed by atoms with E-state index in [4.69, 9.17) is 0 Å². The molecule has 0 aromatic rings. The molecule has 0 saturated carbocycles. The molecule has 0 N–H and O–H groups in total. The van der Waals surface area contributed by atoms with Crippen LogP contribution in [0.2, 0.25) is 0 Å². The first-order valence-corrected chi connectivity index (χ1v) is 7.14. The van der Waals surface area contributed by atoms with Gasteiger partial charge in [-0.15, -0.1) is 0 Å². The molecule has 1 aliphatic carbocycles. The van der Waals surface area contributed by atoms with Gasteiger partial charge < -0.3 is 4.55 Å². The van der Waals surface area contributed by atoms with Crippen molar-refractivity contribution >= 4 is 10.1 Å². The van der Waals surface area contributed by atoms with Crippen molar-refractivity contribution in [3.63, 3.8) is 0 Å². The van der Waals surface area contributed by atoms with Crippen LogP contribution in [0, 0.1) is 17.8 Å². The van der Waals surface area contributed by atoms with Crippen molar-refractivity contribution in [1.29, 1.82) is 0 Å². The van der Waals surface area contributed by atoms with Crippen molar-refractivity contribution in [2.45, 2.75) is 27.7 Å². The van der Waals surface area contributed by atoms with Gasteiger partial charge in [-0.3, -0.25) is 0 Å². The van der Waals surface area contributed by atoms with Crippen molar-refractivity contribution < 1.29 is 42.5 Å². The fourth-order valence-electron chi connectivity index (χ4n) is 2.39. The van der Waals surface area contributed by atoms with Crippen LogP contribution >= 0.6 is 0 Å². The smallest absolute Gasteiger partial charge is 0.744 e. The average molecular weight is 278 g/mol. The topological polar surface area (TPSA) is 57.2 Å². The molecule has 0 amide bonds. The number of hydrogen-bond acceptors (Lipinski definition) is 3. The number of rotatable bonds is 3. The predicted molar refractivity (Wildman–Crippen MR) is 68.2 cm³/mol. The van der Waals surface area contributed by atoms with E-state index < -0.39 is 10.1 Å². The van der Waals surface area contributed by atoms with Crippen LogP contribution in [0.1, 0.15) is 27.7 Å². The molecule has 0 fully saturated rings. The summed E-state index contributed by atoms with van der Waals surface area (Å²) in [5, 5.41) is 0. The van der Waals surface area contributed by atoms with Crippen molar-refractivity contribution in [3.8, 4) is 0 Å². The minimum Gasteiger partial charge on any atom is -0.744 e. The van der Waals surface area contributed by atoms with Crippen LogP contribution < -0.4 is 29.6 Å². The van der Waals surface area contributed by atoms with E-state index in [1.54, 1.807) is 6.08 Å². The molecule has 1 unspecified atom stereocenters. The molecule has 0 aliphatic heterocycles. The Labute approximate surface area is 132 Å². The fraction of sp³-hybridized carbons (Fsp3) is 0.538. The van der Waals surface area contributed by atoms with Crippen LogP contribution in [-0.4, -0.2) is 13.0 Å². The summed E-state index contributed by atoms with van der Waals surface area (Å²) in [4.78, 5) is -0.0707. The van der Waals surface area contributed by atoms with E-state index in [9.17, 15) is 13.0 Å². The summed E-state index contributed by atoms with van der Waals surface area (Å²) >= 11 is 0. The number of hydrogen-bond donors (Lipinski definition) is 0. The molecule has 18 heavy (non-hydrogen) atoms. The van der Waals surface area contributed by atoms with Crippen LogP contribution in [-0.2, 0) is 10.1 Å². The monoisotopic (exact) mass is 278 g/mol. The molecule has 1 atom stereocenters. The molecule has 0 heterocycles. The molecule has 0 radical (unpaired) electrons. The molecule has 96 valence electrons. The van der Waals surface area contributed by atoms with Crippen LogP contribution in [0.25, 0.3) is 0 Å². The van der Waals surface area contributed by atoms with Gasteiger partial charge in [0.1, 0.15) is 10.1 Å². The van der Waals surface area contributed by atoms with E-state index in [2.05, 4.69) is 6.58 Å². The third-order valence-electron chi connectivity index (χ3n) is 3.03. The first kappa shape index (κ1) is 18.1. The Morgan fingerprint density at radius 2 is 1.72 bits per heavy atom. The van der Waals surface area contributed by atoms with Gasteiger partial charge in [0, 0.05) is 5.92 Å². The Kier molecular flexibility index (Phi) is 6.57. The molecule has 0 bridgehead atoms. The maximum atomic E-state index is 11.3. The molecule has 3 nitrogen and oxygen atoms in total. The average Bonchev–Trinajstić information content (AvgIpc) is 2.14. The second-order valence-corrected chi connectivity index (χ2v) is 6.41. The van der Waals surface area contributed by atoms with Gasteiger partial charge in [0.15, 0.2) is 0 Å². The molecule has 0 aromatic heterocycles. The first-order valence-electron chi connectivity index (χ1n) is 5.73. The summed E-state index contributed by atoms with van der Waals surface area (Å²) in [6.07, 6.45) is 3.03. The van der Waals surface area contributed by atoms with Crippen LogP contribution in [0.3, 0.4) is 0 Å². The quantitative estimate of drug-likeness (QED) is 0.532. The molecular weight excluding hydrogens is 259 g/mol. The van der Waals surface area contributed by atoms with E-state index in [0.29, 0.717) is 5.57 Å². The van der Waals surface area contributed by atoms with Gasteiger partial charge >= 0.3 is 29.6 Å². The van der Waals surface area contributed by atoms with E-state index in [1.165, 1.54) is 6.08 Å². The Morgan fingerprint density at radius 3 is 2.06 bits per heavy atom. The zero-order valence-corrected chi connectivity index (χ0v) is 14.5. The third kappa shape index (κ3) is 3.81. The molecule has 0 saturated heterocycles. The van der Waals surface area contributed by atoms with E-state index in [0.717, 1.165) is 5.57 Å². The van der Waals surface area contributed by atoms with Crippen molar-refractivity contribution in [2.24, 2.45) is 17.8 Å². The van der Waals surface area contributed by atoms with Gasteiger partial charge in [0.2, 0.25) is 0 Å². The zero-order chi connectivity index (χ0) is 13.4. The van der Waals surface area contributed by atoms with Crippen molar-refractivity contribution in [1.82, 2.24) is 0 Å². The molecule has 5 heteroatoms. The van der Waals surface area contributed by atoms with Crippen LogP contribution in [0.5, 0.6) is 0 Å². The largest absolute Gasteiger partial charge is 1.00 e. The summed E-state index contributed by atoms with van der Waals surface area (Å²) in [7, 11) is -4.41. The second kappa shape index (κ2) is 6.53. The Morgan fingerprint density at radius 1 is 1.22 bits per heavy atom. The maximum absolute atomic E-state index is 11.3. The molecule has 1 aliphatic rings. The van der Waals surface area contributed by atoms with Gasteiger partial charge in [0.25, 0.3) is 0 Å². The summed E-state index contributed by atoms with van der Waals surface area (Å²) in [6, 6.07) is 0. The molecule has 0 spiro atoms. The maximum Gasteiger partial charge on any atom is 1.00 e. The van der Waals surface area contributed by atoms with Gasteiger partial charge in [-0.1, -0.05) is 40.3 Å². The Hall–Kier alpha value is 0.130. The second-order valence-electron chi connectivity index (χ2n) is 5.06. The Balaban J connectivity index is 0.00000289. The summed E-state index contributed by atoms with van der Waals surface area (Å²) in [6.45, 7) is 11.8. The van der Waals surface area contributed by atoms with Gasteiger partial charge in [-0.25, -0.2) is 8.42 Å². The Bertz CT molecular complexity index is 484. The fourth-order valence-corrected chi connectivity index (χ4v) is 3.28. The SMILES string of the molecule is C=C1C=CC(S(=O)(=O)[O-])=C(C(C)C)C1C(C)C.[Na+]. The van der Waals surface area contributed by atoms with E-state index >= 15 is 0 Å². The minimum atomic E-state index is -4.41. The molecule has 0 aromatic carbocycles. The number of allylic oxidation sites excluding steroid dienone is 4. The van der Waals surface area contributed by atoms with E-state index in [1.807, 2.05) is 27.7 Å². The summed E-state index contributed by atoms with van der Waals surface area (Å²) in [5.74, 6) is 0.183. The van der Waals surface area contributed by atoms with Crippen molar-refractivity contribution in [3.05, 3.63) is 34.8 Å². The normalized spacial score (nSPS) is 20.6. The van der Waals surface area contributed by atoms with E-state index in [-0.39, 0.29) is 52.2 Å².